The van der Waals surface area contributed by atoms with Crippen LogP contribution in [0.4, 0.5) is 0 Å². The molecular formula is C18H34N2. The highest BCUT2D eigenvalue weighted by Crippen LogP contribution is 2.33. The Morgan fingerprint density at radius 1 is 1.00 bits per heavy atom. The highest BCUT2D eigenvalue weighted by atomic mass is 15.0. The summed E-state index contributed by atoms with van der Waals surface area (Å²) in [6, 6.07) is 0. The van der Waals surface area contributed by atoms with Gasteiger partial charge in [0.2, 0.25) is 0 Å². The van der Waals surface area contributed by atoms with Crippen molar-refractivity contribution in [2.75, 3.05) is 0 Å². The Labute approximate surface area is 126 Å². The van der Waals surface area contributed by atoms with E-state index in [9.17, 15) is 0 Å². The summed E-state index contributed by atoms with van der Waals surface area (Å²) in [5.41, 5.74) is 3.48. The van der Waals surface area contributed by atoms with Gasteiger partial charge in [-0.25, -0.2) is 4.99 Å². The van der Waals surface area contributed by atoms with Gasteiger partial charge in [-0.1, -0.05) is 41.2 Å². The van der Waals surface area contributed by atoms with Crippen molar-refractivity contribution in [3.63, 3.8) is 0 Å². The van der Waals surface area contributed by atoms with Crippen LogP contribution in [0, 0.1) is 11.3 Å². The van der Waals surface area contributed by atoms with Crippen molar-refractivity contribution < 1.29 is 0 Å². The molecule has 0 aromatic rings. The SMILES string of the molecule is C=C(C(/N=C(\C)NC(C)(C)C)=C(/C)C(C)C)C(C)(C)C. The second-order valence-electron chi connectivity index (χ2n) is 7.99. The molecule has 0 radical (unpaired) electrons. The topological polar surface area (TPSA) is 24.4 Å². The lowest BCUT2D eigenvalue weighted by atomic mass is 9.83. The van der Waals surface area contributed by atoms with Gasteiger partial charge in [-0.15, -0.1) is 0 Å². The third kappa shape index (κ3) is 6.40. The number of amidine groups is 1. The molecular weight excluding hydrogens is 244 g/mol. The van der Waals surface area contributed by atoms with Gasteiger partial charge in [0.25, 0.3) is 0 Å². The summed E-state index contributed by atoms with van der Waals surface area (Å²) in [6.07, 6.45) is 0. The molecule has 0 spiro atoms. The Morgan fingerprint density at radius 3 is 1.75 bits per heavy atom. The molecule has 2 nitrogen and oxygen atoms in total. The second kappa shape index (κ2) is 6.60. The molecule has 0 heterocycles. The first kappa shape index (κ1) is 18.9. The molecule has 0 aromatic heterocycles. The van der Waals surface area contributed by atoms with Gasteiger partial charge in [0.15, 0.2) is 0 Å². The standard InChI is InChI=1S/C18H34N2/c1-12(2)13(3)16(14(4)17(6,7)8)19-15(5)20-18(9,10)11/h12H,4H2,1-3,5-11H3,(H,19,20)/b16-13+. The predicted octanol–water partition coefficient (Wildman–Crippen LogP) is 5.33. The molecule has 0 aromatic carbocycles. The minimum Gasteiger partial charge on any atom is -0.369 e. The highest BCUT2D eigenvalue weighted by Gasteiger charge is 2.21. The summed E-state index contributed by atoms with van der Waals surface area (Å²) in [5.74, 6) is 1.41. The number of aliphatic imine (C=N–C) groups is 1. The van der Waals surface area contributed by atoms with Crippen LogP contribution in [0.5, 0.6) is 0 Å². The van der Waals surface area contributed by atoms with Crippen LogP contribution in [0.2, 0.25) is 0 Å². The Balaban J connectivity index is 5.67. The largest absolute Gasteiger partial charge is 0.369 e. The van der Waals surface area contributed by atoms with Crippen molar-refractivity contribution in [3.8, 4) is 0 Å². The van der Waals surface area contributed by atoms with Crippen molar-refractivity contribution in [1.82, 2.24) is 5.32 Å². The third-order valence-corrected chi connectivity index (χ3v) is 3.27. The first-order valence-electron chi connectivity index (χ1n) is 7.49. The van der Waals surface area contributed by atoms with E-state index >= 15 is 0 Å². The van der Waals surface area contributed by atoms with Gasteiger partial charge >= 0.3 is 0 Å². The van der Waals surface area contributed by atoms with E-state index in [-0.39, 0.29) is 11.0 Å². The lowest BCUT2D eigenvalue weighted by Crippen LogP contribution is -2.39. The van der Waals surface area contributed by atoms with E-state index < -0.39 is 0 Å². The van der Waals surface area contributed by atoms with Crippen molar-refractivity contribution in [2.45, 2.75) is 74.8 Å². The molecule has 0 amide bonds. The van der Waals surface area contributed by atoms with Gasteiger partial charge in [0.05, 0.1) is 11.5 Å². The Kier molecular flexibility index (Phi) is 6.25. The average molecular weight is 278 g/mol. The number of rotatable bonds is 3. The van der Waals surface area contributed by atoms with E-state index in [2.05, 4.69) is 74.2 Å². The quantitative estimate of drug-likeness (QED) is 0.421. The van der Waals surface area contributed by atoms with E-state index in [4.69, 9.17) is 4.99 Å². The average Bonchev–Trinajstić information content (AvgIpc) is 2.19. The zero-order valence-electron chi connectivity index (χ0n) is 15.2. The first-order valence-corrected chi connectivity index (χ1v) is 7.49. The normalized spacial score (nSPS) is 15.2. The smallest absolute Gasteiger partial charge is 0.0994 e. The molecule has 2 heteroatoms. The number of nitrogens with one attached hydrogen (secondary N) is 1. The van der Waals surface area contributed by atoms with Crippen LogP contribution in [-0.4, -0.2) is 11.4 Å². The van der Waals surface area contributed by atoms with Crippen molar-refractivity contribution in [2.24, 2.45) is 16.3 Å². The van der Waals surface area contributed by atoms with Crippen LogP contribution in [0.1, 0.15) is 69.2 Å². The fourth-order valence-electron chi connectivity index (χ4n) is 1.76. The molecule has 0 aliphatic rings. The molecule has 0 bridgehead atoms. The fraction of sp³-hybridized carbons (Fsp3) is 0.722. The Morgan fingerprint density at radius 2 is 1.45 bits per heavy atom. The predicted molar refractivity (Wildman–Crippen MR) is 92.1 cm³/mol. The van der Waals surface area contributed by atoms with Crippen LogP contribution >= 0.6 is 0 Å². The maximum atomic E-state index is 4.84. The molecule has 0 aliphatic carbocycles. The van der Waals surface area contributed by atoms with Crippen molar-refractivity contribution >= 4 is 5.84 Å². The number of hydrogen-bond acceptors (Lipinski definition) is 1. The molecule has 0 atom stereocenters. The molecule has 0 aliphatic heterocycles. The van der Waals surface area contributed by atoms with Gasteiger partial charge in [-0.05, 0) is 57.1 Å². The summed E-state index contributed by atoms with van der Waals surface area (Å²) >= 11 is 0. The minimum atomic E-state index is 0.0213. The van der Waals surface area contributed by atoms with E-state index in [1.807, 2.05) is 6.92 Å². The monoisotopic (exact) mass is 278 g/mol. The first-order chi connectivity index (χ1) is 8.75. The molecule has 20 heavy (non-hydrogen) atoms. The summed E-state index contributed by atoms with van der Waals surface area (Å²) in [4.78, 5) is 4.84. The van der Waals surface area contributed by atoms with Crippen LogP contribution in [0.15, 0.2) is 28.4 Å². The summed E-state index contributed by atoms with van der Waals surface area (Å²) in [7, 11) is 0. The van der Waals surface area contributed by atoms with Gasteiger partial charge in [0, 0.05) is 5.54 Å². The minimum absolute atomic E-state index is 0.0213. The van der Waals surface area contributed by atoms with Crippen LogP contribution in [0.25, 0.3) is 0 Å². The molecule has 0 rings (SSSR count). The molecule has 1 N–H and O–H groups in total. The van der Waals surface area contributed by atoms with Crippen LogP contribution in [-0.2, 0) is 0 Å². The van der Waals surface area contributed by atoms with E-state index in [0.717, 1.165) is 17.1 Å². The Hall–Kier alpha value is -1.05. The van der Waals surface area contributed by atoms with Crippen molar-refractivity contribution in [1.29, 1.82) is 0 Å². The fourth-order valence-corrected chi connectivity index (χ4v) is 1.76. The number of nitrogens with zero attached hydrogens (tertiary/aromatic N) is 1. The highest BCUT2D eigenvalue weighted by molar-refractivity contribution is 5.81. The van der Waals surface area contributed by atoms with E-state index in [1.54, 1.807) is 0 Å². The maximum Gasteiger partial charge on any atom is 0.0994 e. The summed E-state index contributed by atoms with van der Waals surface area (Å²) < 4.78 is 0. The summed E-state index contributed by atoms with van der Waals surface area (Å²) in [5, 5.41) is 3.42. The zero-order valence-corrected chi connectivity index (χ0v) is 15.2. The molecule has 0 unspecified atom stereocenters. The molecule has 116 valence electrons. The molecule has 0 saturated carbocycles. The summed E-state index contributed by atoms with van der Waals surface area (Å²) in [6.45, 7) is 25.9. The van der Waals surface area contributed by atoms with Crippen LogP contribution < -0.4 is 5.32 Å². The van der Waals surface area contributed by atoms with E-state index in [1.165, 1.54) is 5.57 Å². The van der Waals surface area contributed by atoms with Gasteiger partial charge in [-0.2, -0.15) is 0 Å². The lowest BCUT2D eigenvalue weighted by molar-refractivity contribution is 0.503. The zero-order chi connectivity index (χ0) is 16.3. The van der Waals surface area contributed by atoms with Crippen LogP contribution in [0.3, 0.4) is 0 Å². The Bertz CT molecular complexity index is 410. The van der Waals surface area contributed by atoms with E-state index in [0.29, 0.717) is 5.92 Å². The number of hydrogen-bond donors (Lipinski definition) is 1. The molecule has 0 saturated heterocycles. The van der Waals surface area contributed by atoms with Crippen molar-refractivity contribution in [3.05, 3.63) is 23.4 Å². The number of allylic oxidation sites excluding steroid dienone is 2. The molecule has 0 fully saturated rings. The maximum absolute atomic E-state index is 4.84. The lowest BCUT2D eigenvalue weighted by Gasteiger charge is -2.27. The van der Waals surface area contributed by atoms with Gasteiger partial charge in [0.1, 0.15) is 0 Å². The van der Waals surface area contributed by atoms with Gasteiger partial charge < -0.3 is 5.32 Å². The second-order valence-corrected chi connectivity index (χ2v) is 7.99. The third-order valence-electron chi connectivity index (χ3n) is 3.27. The van der Waals surface area contributed by atoms with Gasteiger partial charge in [-0.3, -0.25) is 0 Å².